The molecule has 0 aliphatic carbocycles. The summed E-state index contributed by atoms with van der Waals surface area (Å²) in [6, 6.07) is 7.31. The average Bonchev–Trinajstić information content (AvgIpc) is 2.77. The fourth-order valence-electron chi connectivity index (χ4n) is 2.69. The molecule has 0 aliphatic heterocycles. The lowest BCUT2D eigenvalue weighted by molar-refractivity contribution is -0.114. The second-order valence-corrected chi connectivity index (χ2v) is 8.63. The highest BCUT2D eigenvalue weighted by Gasteiger charge is 2.28. The summed E-state index contributed by atoms with van der Waals surface area (Å²) in [5.41, 5.74) is 0.0823. The highest BCUT2D eigenvalue weighted by molar-refractivity contribution is 7.90. The first kappa shape index (κ1) is 24.9. The molecule has 0 aliphatic rings. The van der Waals surface area contributed by atoms with Crippen molar-refractivity contribution in [3.63, 3.8) is 0 Å². The molecule has 0 radical (unpaired) electrons. The number of rotatable bonds is 9. The number of anilines is 2. The Morgan fingerprint density at radius 3 is 2.06 bits per heavy atom. The van der Waals surface area contributed by atoms with Gasteiger partial charge in [0.2, 0.25) is 5.91 Å². The average molecular weight is 469 g/mol. The number of nitrogens with zero attached hydrogens (tertiary/aromatic N) is 2. The van der Waals surface area contributed by atoms with Crippen molar-refractivity contribution in [3.05, 3.63) is 47.8 Å². The van der Waals surface area contributed by atoms with E-state index in [9.17, 15) is 22.4 Å². The van der Waals surface area contributed by atoms with Gasteiger partial charge < -0.3 is 19.5 Å². The van der Waals surface area contributed by atoms with Gasteiger partial charge in [-0.05, 0) is 24.3 Å². The fourth-order valence-corrected chi connectivity index (χ4v) is 3.75. The largest absolute Gasteiger partial charge is 0.493 e. The molecular formula is C20H24FN3O7S. The summed E-state index contributed by atoms with van der Waals surface area (Å²) < 4.78 is 55.7. The van der Waals surface area contributed by atoms with E-state index in [-0.39, 0.29) is 28.4 Å². The molecule has 0 saturated carbocycles. The molecule has 1 N–H and O–H groups in total. The minimum absolute atomic E-state index is 0.0256. The van der Waals surface area contributed by atoms with Gasteiger partial charge in [-0.25, -0.2) is 13.5 Å². The van der Waals surface area contributed by atoms with Crippen LogP contribution < -0.4 is 19.1 Å². The smallest absolute Gasteiger partial charge is 0.340 e. The van der Waals surface area contributed by atoms with Gasteiger partial charge in [0.05, 0.1) is 38.3 Å². The molecule has 0 saturated heterocycles. The number of carbonyl (C=O) groups excluding carboxylic acids is 2. The molecule has 174 valence electrons. The van der Waals surface area contributed by atoms with Crippen LogP contribution in [0.1, 0.15) is 10.4 Å². The molecule has 0 atom stereocenters. The molecule has 0 aromatic heterocycles. The van der Waals surface area contributed by atoms with E-state index >= 15 is 0 Å². The van der Waals surface area contributed by atoms with E-state index in [4.69, 9.17) is 14.2 Å². The van der Waals surface area contributed by atoms with Crippen LogP contribution in [0.2, 0.25) is 0 Å². The number of hydrogen-bond acceptors (Lipinski definition) is 7. The number of amides is 1. The Hall–Kier alpha value is -3.38. The van der Waals surface area contributed by atoms with Gasteiger partial charge in [-0.1, -0.05) is 0 Å². The van der Waals surface area contributed by atoms with Crippen molar-refractivity contribution in [1.82, 2.24) is 4.31 Å². The van der Waals surface area contributed by atoms with Gasteiger partial charge in [0.1, 0.15) is 12.4 Å². The third-order valence-electron chi connectivity index (χ3n) is 4.34. The van der Waals surface area contributed by atoms with Crippen molar-refractivity contribution in [2.45, 2.75) is 0 Å². The highest BCUT2D eigenvalue weighted by atomic mass is 32.2. The van der Waals surface area contributed by atoms with Crippen LogP contribution in [0.3, 0.4) is 0 Å². The molecule has 0 bridgehead atoms. The van der Waals surface area contributed by atoms with Crippen molar-refractivity contribution in [1.29, 1.82) is 0 Å². The fraction of sp³-hybridized carbons (Fsp3) is 0.300. The van der Waals surface area contributed by atoms with E-state index < -0.39 is 34.4 Å². The summed E-state index contributed by atoms with van der Waals surface area (Å²) in [5, 5.41) is 2.50. The molecule has 0 spiro atoms. The number of benzene rings is 2. The van der Waals surface area contributed by atoms with Crippen LogP contribution in [-0.4, -0.2) is 66.6 Å². The molecule has 1 amide bonds. The molecular weight excluding hydrogens is 445 g/mol. The number of esters is 1. The molecule has 0 heterocycles. The predicted molar refractivity (Wildman–Crippen MR) is 116 cm³/mol. The zero-order valence-electron chi connectivity index (χ0n) is 18.2. The van der Waals surface area contributed by atoms with E-state index in [0.717, 1.165) is 20.7 Å². The first-order chi connectivity index (χ1) is 15.0. The lowest BCUT2D eigenvalue weighted by atomic mass is 10.1. The second-order valence-electron chi connectivity index (χ2n) is 6.57. The molecule has 2 aromatic rings. The molecule has 2 rings (SSSR count). The summed E-state index contributed by atoms with van der Waals surface area (Å²) in [6.45, 7) is -0.652. The Morgan fingerprint density at radius 1 is 1.00 bits per heavy atom. The number of hydrogen-bond donors (Lipinski definition) is 1. The van der Waals surface area contributed by atoms with Gasteiger partial charge in [0.15, 0.2) is 11.5 Å². The van der Waals surface area contributed by atoms with Crippen molar-refractivity contribution in [3.8, 4) is 11.5 Å². The minimum Gasteiger partial charge on any atom is -0.493 e. The molecule has 0 unspecified atom stereocenters. The third kappa shape index (κ3) is 5.45. The lowest BCUT2D eigenvalue weighted by Gasteiger charge is -2.27. The van der Waals surface area contributed by atoms with E-state index in [0.29, 0.717) is 0 Å². The predicted octanol–water partition coefficient (Wildman–Crippen LogP) is 1.88. The Labute approximate surface area is 185 Å². The maximum absolute atomic E-state index is 13.3. The van der Waals surface area contributed by atoms with Crippen LogP contribution in [0.25, 0.3) is 0 Å². The number of halogens is 1. The van der Waals surface area contributed by atoms with Crippen LogP contribution in [0, 0.1) is 5.82 Å². The topological polar surface area (TPSA) is 114 Å². The van der Waals surface area contributed by atoms with Gasteiger partial charge in [-0.3, -0.25) is 4.79 Å². The first-order valence-corrected chi connectivity index (χ1v) is 10.5. The number of carbonyl (C=O) groups is 2. The molecule has 0 fully saturated rings. The Morgan fingerprint density at radius 2 is 1.56 bits per heavy atom. The van der Waals surface area contributed by atoms with Crippen molar-refractivity contribution < 1.29 is 36.6 Å². The van der Waals surface area contributed by atoms with Gasteiger partial charge in [-0.15, -0.1) is 0 Å². The Bertz CT molecular complexity index is 1090. The standard InChI is InChI=1S/C20H24FN3O7S/c1-23(2)32(27,28)24(14-8-6-13(21)7-9-14)12-19(25)22-16-11-18(30-4)17(29-3)10-15(16)20(26)31-5/h6-11H,12H2,1-5H3,(H,22,25). The maximum Gasteiger partial charge on any atom is 0.340 e. The quantitative estimate of drug-likeness (QED) is 0.558. The van der Waals surface area contributed by atoms with E-state index in [2.05, 4.69) is 5.32 Å². The van der Waals surface area contributed by atoms with Crippen molar-refractivity contribution in [2.75, 3.05) is 51.6 Å². The highest BCUT2D eigenvalue weighted by Crippen LogP contribution is 2.34. The van der Waals surface area contributed by atoms with Crippen molar-refractivity contribution in [2.24, 2.45) is 0 Å². The Balaban J connectivity index is 2.43. The van der Waals surface area contributed by atoms with E-state index in [1.165, 1.54) is 59.7 Å². The van der Waals surface area contributed by atoms with Gasteiger partial charge in [-0.2, -0.15) is 12.7 Å². The van der Waals surface area contributed by atoms with E-state index in [1.54, 1.807) is 0 Å². The summed E-state index contributed by atoms with van der Waals surface area (Å²) in [4.78, 5) is 25.0. The zero-order valence-corrected chi connectivity index (χ0v) is 19.0. The second kappa shape index (κ2) is 10.3. The molecule has 12 heteroatoms. The van der Waals surface area contributed by atoms with Gasteiger partial charge in [0.25, 0.3) is 0 Å². The monoisotopic (exact) mass is 469 g/mol. The summed E-state index contributed by atoms with van der Waals surface area (Å²) in [5.74, 6) is -1.62. The number of nitrogens with one attached hydrogen (secondary N) is 1. The normalized spacial score (nSPS) is 11.1. The minimum atomic E-state index is -4.10. The number of methoxy groups -OCH3 is 3. The zero-order chi connectivity index (χ0) is 24.1. The summed E-state index contributed by atoms with van der Waals surface area (Å²) >= 11 is 0. The number of ether oxygens (including phenoxy) is 3. The Kier molecular flexibility index (Phi) is 8.00. The van der Waals surface area contributed by atoms with Gasteiger partial charge >= 0.3 is 16.2 Å². The van der Waals surface area contributed by atoms with Crippen LogP contribution >= 0.6 is 0 Å². The summed E-state index contributed by atoms with van der Waals surface area (Å²) in [6.07, 6.45) is 0. The van der Waals surface area contributed by atoms with E-state index in [1.807, 2.05) is 0 Å². The van der Waals surface area contributed by atoms with Crippen molar-refractivity contribution >= 4 is 33.5 Å². The van der Waals surface area contributed by atoms with Crippen LogP contribution in [-0.2, 0) is 19.7 Å². The van der Waals surface area contributed by atoms with Gasteiger partial charge in [0, 0.05) is 26.2 Å². The molecule has 10 nitrogen and oxygen atoms in total. The maximum atomic E-state index is 13.3. The van der Waals surface area contributed by atoms with Crippen LogP contribution in [0.5, 0.6) is 11.5 Å². The first-order valence-electron chi connectivity index (χ1n) is 9.15. The molecule has 32 heavy (non-hydrogen) atoms. The third-order valence-corrected chi connectivity index (χ3v) is 6.16. The lowest BCUT2D eigenvalue weighted by Crippen LogP contribution is -2.44. The SMILES string of the molecule is COC(=O)c1cc(OC)c(OC)cc1NC(=O)CN(c1ccc(F)cc1)S(=O)(=O)N(C)C. The van der Waals surface area contributed by atoms with Crippen LogP contribution in [0.4, 0.5) is 15.8 Å². The molecule has 2 aromatic carbocycles. The van der Waals surface area contributed by atoms with Crippen LogP contribution in [0.15, 0.2) is 36.4 Å². The summed E-state index contributed by atoms with van der Waals surface area (Å²) in [7, 11) is 2.42.